The number of hydrogen-bond acceptors (Lipinski definition) is 5. The number of hydrogen-bond donors (Lipinski definition) is 1. The molecule has 2 saturated heterocycles. The van der Waals surface area contributed by atoms with Crippen molar-refractivity contribution in [3.8, 4) is 0 Å². The fourth-order valence-electron chi connectivity index (χ4n) is 3.77. The molecule has 4 atom stereocenters. The van der Waals surface area contributed by atoms with Crippen molar-refractivity contribution < 1.29 is 9.59 Å². The molecule has 2 aliphatic heterocycles. The highest BCUT2D eigenvalue weighted by molar-refractivity contribution is 5.98. The number of nitrogens with zero attached hydrogens (tertiary/aromatic N) is 3. The van der Waals surface area contributed by atoms with Crippen LogP contribution in [0.15, 0.2) is 36.8 Å². The summed E-state index contributed by atoms with van der Waals surface area (Å²) >= 11 is 0. The van der Waals surface area contributed by atoms with Gasteiger partial charge in [-0.3, -0.25) is 24.4 Å². The molecule has 3 heterocycles. The Morgan fingerprint density at radius 2 is 2.19 bits per heavy atom. The lowest BCUT2D eigenvalue weighted by Gasteiger charge is -2.37. The fraction of sp³-hybridized carbons (Fsp3) is 0.550. The van der Waals surface area contributed by atoms with Gasteiger partial charge in [-0.2, -0.15) is 0 Å². The van der Waals surface area contributed by atoms with Gasteiger partial charge in [0.25, 0.3) is 5.91 Å². The average Bonchev–Trinajstić information content (AvgIpc) is 3.26. The molecule has 2 N–H and O–H groups in total. The Bertz CT molecular complexity index is 617. The Balaban J connectivity index is 0.000000552. The van der Waals surface area contributed by atoms with E-state index in [4.69, 9.17) is 5.73 Å². The first-order chi connectivity index (χ1) is 12.5. The van der Waals surface area contributed by atoms with E-state index in [0.29, 0.717) is 12.3 Å². The molecule has 1 aromatic heterocycles. The zero-order valence-electron chi connectivity index (χ0n) is 15.8. The lowest BCUT2D eigenvalue weighted by Crippen LogP contribution is -2.53. The molecule has 2 aliphatic rings. The number of carbonyl (C=O) groups is 2. The van der Waals surface area contributed by atoms with E-state index in [0.717, 1.165) is 31.5 Å². The van der Waals surface area contributed by atoms with E-state index in [1.54, 1.807) is 6.20 Å². The molecule has 1 aromatic rings. The van der Waals surface area contributed by atoms with Crippen LogP contribution < -0.4 is 5.73 Å². The van der Waals surface area contributed by atoms with Gasteiger partial charge in [0.1, 0.15) is 0 Å². The summed E-state index contributed by atoms with van der Waals surface area (Å²) in [6, 6.07) is 3.90. The fourth-order valence-corrected chi connectivity index (χ4v) is 3.77. The van der Waals surface area contributed by atoms with Gasteiger partial charge in [0.2, 0.25) is 6.41 Å². The summed E-state index contributed by atoms with van der Waals surface area (Å²) in [6.07, 6.45) is 8.58. The second kappa shape index (κ2) is 9.48. The largest absolute Gasteiger partial charge is 0.395 e. The molecule has 0 saturated carbocycles. The van der Waals surface area contributed by atoms with Gasteiger partial charge in [-0.15, -0.1) is 0 Å². The van der Waals surface area contributed by atoms with Crippen LogP contribution in [0.2, 0.25) is 0 Å². The van der Waals surface area contributed by atoms with Crippen LogP contribution in [0.25, 0.3) is 0 Å². The quantitative estimate of drug-likeness (QED) is 0.621. The molecule has 2 amide bonds. The Labute approximate surface area is 156 Å². The van der Waals surface area contributed by atoms with Crippen molar-refractivity contribution >= 4 is 12.3 Å². The van der Waals surface area contributed by atoms with Crippen LogP contribution in [-0.2, 0) is 16.0 Å². The molecule has 6 nitrogen and oxygen atoms in total. The van der Waals surface area contributed by atoms with E-state index in [1.165, 1.54) is 17.7 Å². The highest BCUT2D eigenvalue weighted by Crippen LogP contribution is 2.37. The molecule has 2 bridgehead atoms. The van der Waals surface area contributed by atoms with E-state index in [9.17, 15) is 9.59 Å². The molecule has 26 heavy (non-hydrogen) atoms. The number of amides is 2. The Hall–Kier alpha value is -2.21. The van der Waals surface area contributed by atoms with Gasteiger partial charge in [0, 0.05) is 25.0 Å². The minimum absolute atomic E-state index is 0.0926. The van der Waals surface area contributed by atoms with Crippen LogP contribution in [0, 0.1) is 5.92 Å². The van der Waals surface area contributed by atoms with E-state index in [-0.39, 0.29) is 17.8 Å². The summed E-state index contributed by atoms with van der Waals surface area (Å²) in [5.41, 5.74) is 6.52. The molecule has 2 fully saturated rings. The van der Waals surface area contributed by atoms with Crippen LogP contribution in [0.4, 0.5) is 0 Å². The topological polar surface area (TPSA) is 79.5 Å². The van der Waals surface area contributed by atoms with Crippen molar-refractivity contribution in [1.29, 1.82) is 0 Å². The molecule has 142 valence electrons. The molecule has 0 aliphatic carbocycles. The van der Waals surface area contributed by atoms with Crippen molar-refractivity contribution in [2.24, 2.45) is 11.7 Å². The lowest BCUT2D eigenvalue weighted by molar-refractivity contribution is -0.139. The molecule has 0 radical (unpaired) electrons. The summed E-state index contributed by atoms with van der Waals surface area (Å²) in [7, 11) is 0. The van der Waals surface area contributed by atoms with Gasteiger partial charge in [-0.05, 0) is 36.9 Å². The monoisotopic (exact) mass is 358 g/mol. The van der Waals surface area contributed by atoms with Crippen LogP contribution in [0.1, 0.15) is 38.7 Å². The van der Waals surface area contributed by atoms with Gasteiger partial charge in [-0.25, -0.2) is 0 Å². The SMILES string of the molecule is C=C(N)C(=O)N(C=O)C1C2CCN(C2)C1Cc1cccnc1.CCCC. The summed E-state index contributed by atoms with van der Waals surface area (Å²) in [5.74, 6) is -0.167. The predicted molar refractivity (Wildman–Crippen MR) is 102 cm³/mol. The number of pyridine rings is 1. The third-order valence-electron chi connectivity index (χ3n) is 5.21. The molecular formula is C20H30N4O2. The summed E-state index contributed by atoms with van der Waals surface area (Å²) < 4.78 is 0. The van der Waals surface area contributed by atoms with Gasteiger partial charge < -0.3 is 5.73 Å². The number of nitrogens with two attached hydrogens (primary N) is 1. The van der Waals surface area contributed by atoms with Crippen LogP contribution in [-0.4, -0.2) is 52.3 Å². The normalized spacial score (nSPS) is 25.9. The minimum Gasteiger partial charge on any atom is -0.395 e. The highest BCUT2D eigenvalue weighted by atomic mass is 16.2. The second-order valence-electron chi connectivity index (χ2n) is 7.01. The summed E-state index contributed by atoms with van der Waals surface area (Å²) in [4.78, 5) is 31.4. The highest BCUT2D eigenvalue weighted by Gasteiger charge is 2.49. The first-order valence-electron chi connectivity index (χ1n) is 9.38. The minimum atomic E-state index is -0.482. The number of rotatable bonds is 6. The number of aromatic nitrogens is 1. The molecule has 0 aromatic carbocycles. The van der Waals surface area contributed by atoms with E-state index in [2.05, 4.69) is 30.3 Å². The zero-order chi connectivity index (χ0) is 19.1. The summed E-state index contributed by atoms with van der Waals surface area (Å²) in [5, 5.41) is 0. The Morgan fingerprint density at radius 3 is 2.73 bits per heavy atom. The third-order valence-corrected chi connectivity index (χ3v) is 5.21. The third kappa shape index (κ3) is 4.49. The standard InChI is InChI=1S/C16H20N4O2.C4H10/c1-11(17)16(22)20(10-21)15-13-4-6-19(9-13)14(15)7-12-3-2-5-18-8-12;1-3-4-2/h2-3,5,8,10,13-15H,1,4,6-7,9,17H2;3-4H2,1-2H3. The van der Waals surface area contributed by atoms with E-state index in [1.807, 2.05) is 18.3 Å². The van der Waals surface area contributed by atoms with Gasteiger partial charge >= 0.3 is 0 Å². The van der Waals surface area contributed by atoms with Crippen molar-refractivity contribution in [1.82, 2.24) is 14.8 Å². The molecule has 4 unspecified atom stereocenters. The molecule has 6 heteroatoms. The van der Waals surface area contributed by atoms with Gasteiger partial charge in [0.05, 0.1) is 11.7 Å². The first-order valence-corrected chi connectivity index (χ1v) is 9.38. The molecule has 3 rings (SSSR count). The maximum absolute atomic E-state index is 12.2. The van der Waals surface area contributed by atoms with E-state index >= 15 is 0 Å². The number of imide groups is 1. The second-order valence-corrected chi connectivity index (χ2v) is 7.01. The van der Waals surface area contributed by atoms with Crippen LogP contribution >= 0.6 is 0 Å². The number of piperidine rings is 1. The summed E-state index contributed by atoms with van der Waals surface area (Å²) in [6.45, 7) is 9.76. The Morgan fingerprint density at radius 1 is 1.46 bits per heavy atom. The zero-order valence-corrected chi connectivity index (χ0v) is 15.8. The maximum Gasteiger partial charge on any atom is 0.275 e. The van der Waals surface area contributed by atoms with Crippen molar-refractivity contribution in [3.63, 3.8) is 0 Å². The molecular weight excluding hydrogens is 328 g/mol. The van der Waals surface area contributed by atoms with Gasteiger partial charge in [0.15, 0.2) is 0 Å². The van der Waals surface area contributed by atoms with E-state index < -0.39 is 5.91 Å². The van der Waals surface area contributed by atoms with Crippen molar-refractivity contribution in [3.05, 3.63) is 42.4 Å². The number of unbranched alkanes of at least 4 members (excludes halogenated alkanes) is 1. The van der Waals surface area contributed by atoms with Crippen LogP contribution in [0.5, 0.6) is 0 Å². The first kappa shape index (κ1) is 20.1. The predicted octanol–water partition coefficient (Wildman–Crippen LogP) is 1.96. The number of fused-ring (bicyclic) bond motifs is 2. The maximum atomic E-state index is 12.2. The van der Waals surface area contributed by atoms with Crippen molar-refractivity contribution in [2.45, 2.75) is 51.6 Å². The van der Waals surface area contributed by atoms with Gasteiger partial charge in [-0.1, -0.05) is 39.3 Å². The Kier molecular flexibility index (Phi) is 7.33. The number of carbonyl (C=O) groups excluding carboxylic acids is 2. The smallest absolute Gasteiger partial charge is 0.275 e. The van der Waals surface area contributed by atoms with Crippen molar-refractivity contribution in [2.75, 3.05) is 13.1 Å². The molecule has 0 spiro atoms. The van der Waals surface area contributed by atoms with Crippen LogP contribution in [0.3, 0.4) is 0 Å². The lowest BCUT2D eigenvalue weighted by atomic mass is 9.89. The average molecular weight is 358 g/mol.